The molecule has 5 nitrogen and oxygen atoms in total. The predicted octanol–water partition coefficient (Wildman–Crippen LogP) is 4.85. The van der Waals surface area contributed by atoms with Crippen LogP contribution in [0.25, 0.3) is 0 Å². The van der Waals surface area contributed by atoms with Crippen LogP contribution in [0.5, 0.6) is 0 Å². The summed E-state index contributed by atoms with van der Waals surface area (Å²) >= 11 is 0. The van der Waals surface area contributed by atoms with Gasteiger partial charge in [0.2, 0.25) is 0 Å². The van der Waals surface area contributed by atoms with E-state index in [9.17, 15) is 14.7 Å². The molecule has 0 spiro atoms. The van der Waals surface area contributed by atoms with Gasteiger partial charge in [0.25, 0.3) is 0 Å². The first-order valence-corrected chi connectivity index (χ1v) is 10.9. The molecule has 0 aromatic heterocycles. The quantitative estimate of drug-likeness (QED) is 0.277. The van der Waals surface area contributed by atoms with E-state index in [-0.39, 0.29) is 13.2 Å². The Balaban J connectivity index is 3.60. The number of rotatable bonds is 16. The first-order valence-electron chi connectivity index (χ1n) is 8.96. The normalized spacial score (nSPS) is 14.0. The molecule has 0 saturated heterocycles. The Hall–Kier alpha value is 0.230. The third-order valence-corrected chi connectivity index (χ3v) is 4.90. The monoisotopic (exact) mass is 340 g/mol. The molecule has 136 valence electrons. The van der Waals surface area contributed by atoms with Gasteiger partial charge in [-0.05, 0) is 0 Å². The average Bonchev–Trinajstić information content (AvgIpc) is 2.45. The fourth-order valence-electron chi connectivity index (χ4n) is 2.25. The fourth-order valence-corrected chi connectivity index (χ4v) is 3.22. The molecule has 0 radical (unpaired) electrons. The van der Waals surface area contributed by atoms with Crippen molar-refractivity contribution >= 4 is 7.74 Å². The maximum absolute atomic E-state index is 9.66. The van der Waals surface area contributed by atoms with E-state index in [0.29, 0.717) is 12.8 Å². The summed E-state index contributed by atoms with van der Waals surface area (Å²) in [6.07, 6.45) is 12.7. The van der Waals surface area contributed by atoms with Gasteiger partial charge in [-0.2, -0.15) is 0 Å². The first-order chi connectivity index (χ1) is 10.4. The van der Waals surface area contributed by atoms with Gasteiger partial charge in [-0.1, -0.05) is 0 Å². The van der Waals surface area contributed by atoms with Crippen LogP contribution in [0.2, 0.25) is 0 Å². The van der Waals surface area contributed by atoms with E-state index in [1.54, 1.807) is 0 Å². The molecule has 0 bridgehead atoms. The topological polar surface area (TPSA) is 79.2 Å². The molecule has 0 unspecified atom stereocenters. The van der Waals surface area contributed by atoms with Gasteiger partial charge in [0.05, 0.1) is 0 Å². The molecule has 0 saturated carbocycles. The summed E-state index contributed by atoms with van der Waals surface area (Å²) in [5.74, 6) is 0. The van der Waals surface area contributed by atoms with E-state index in [0.717, 1.165) is 25.7 Å². The molecule has 6 heteroatoms. The van der Waals surface area contributed by atoms with Crippen molar-refractivity contribution in [3.05, 3.63) is 0 Å². The van der Waals surface area contributed by atoms with Crippen molar-refractivity contribution in [2.45, 2.75) is 90.9 Å². The Bertz CT molecular complexity index is 231. The molecule has 0 aliphatic rings. The molecule has 0 atom stereocenters. The van der Waals surface area contributed by atoms with Crippen LogP contribution < -0.4 is 0 Å². The Labute approximate surface area is 136 Å². The van der Waals surface area contributed by atoms with Gasteiger partial charge in [-0.25, -0.2) is 0 Å². The molecule has 0 aromatic carbocycles. The van der Waals surface area contributed by atoms with E-state index in [1.807, 2.05) is 0 Å². The van der Waals surface area contributed by atoms with Crippen molar-refractivity contribution in [1.82, 2.24) is 0 Å². The number of hydrogen-bond acceptors (Lipinski definition) is 5. The molecule has 0 aliphatic heterocycles. The van der Waals surface area contributed by atoms with Gasteiger partial charge < -0.3 is 0 Å². The van der Waals surface area contributed by atoms with Gasteiger partial charge in [0, 0.05) is 0 Å². The maximum atomic E-state index is 9.66. The van der Waals surface area contributed by atoms with E-state index in [2.05, 4.69) is 13.8 Å². The van der Waals surface area contributed by atoms with Crippen molar-refractivity contribution < 1.29 is 23.7 Å². The van der Waals surface area contributed by atoms with Crippen molar-refractivity contribution in [2.24, 2.45) is 0 Å². The summed E-state index contributed by atoms with van der Waals surface area (Å²) in [6, 6.07) is 0. The molecule has 0 fully saturated rings. The first kappa shape index (κ1) is 22.2. The van der Waals surface area contributed by atoms with Crippen LogP contribution in [0, 0.1) is 0 Å². The van der Waals surface area contributed by atoms with Crippen LogP contribution in [-0.2, 0) is 9.05 Å². The predicted molar refractivity (Wildman–Crippen MR) is 92.2 cm³/mol. The Morgan fingerprint density at radius 3 is 1.23 bits per heavy atom. The second-order valence-electron chi connectivity index (χ2n) is 6.03. The molecule has 0 aliphatic carbocycles. The summed E-state index contributed by atoms with van der Waals surface area (Å²) in [4.78, 5) is 29.0. The summed E-state index contributed by atoms with van der Waals surface area (Å²) in [7, 11) is -5.32. The molecule has 3 N–H and O–H groups in total. The summed E-state index contributed by atoms with van der Waals surface area (Å²) < 4.78 is 9.69. The Morgan fingerprint density at radius 2 is 0.864 bits per heavy atom. The van der Waals surface area contributed by atoms with Gasteiger partial charge in [-0.15, -0.1) is 0 Å². The van der Waals surface area contributed by atoms with Gasteiger partial charge >= 0.3 is 136 Å². The van der Waals surface area contributed by atoms with Crippen molar-refractivity contribution in [3.63, 3.8) is 0 Å². The minimum absolute atomic E-state index is 0.115. The number of hydrogen-bond donors (Lipinski definition) is 3. The minimum atomic E-state index is -5.32. The van der Waals surface area contributed by atoms with E-state index < -0.39 is 7.74 Å². The third-order valence-electron chi connectivity index (χ3n) is 3.63. The van der Waals surface area contributed by atoms with Crippen molar-refractivity contribution in [2.75, 3.05) is 13.2 Å². The summed E-state index contributed by atoms with van der Waals surface area (Å²) in [6.45, 7) is 4.56. The van der Waals surface area contributed by atoms with Crippen LogP contribution in [0.15, 0.2) is 0 Å². The van der Waals surface area contributed by atoms with Gasteiger partial charge in [0.1, 0.15) is 0 Å². The zero-order valence-electron chi connectivity index (χ0n) is 14.5. The standard InChI is InChI=1S/C16H37O5P/c1-3-5-7-9-11-13-15-20-22(17,18,19)21-16-14-12-10-8-6-4-2/h17-19H,3-16H2,1-2H3. The van der Waals surface area contributed by atoms with E-state index in [1.165, 1.54) is 38.5 Å². The molecular formula is C16H37O5P. The molecule has 0 aromatic rings. The van der Waals surface area contributed by atoms with Crippen molar-refractivity contribution in [1.29, 1.82) is 0 Å². The van der Waals surface area contributed by atoms with Crippen LogP contribution in [0.3, 0.4) is 0 Å². The van der Waals surface area contributed by atoms with Gasteiger partial charge in [-0.3, -0.25) is 0 Å². The number of unbranched alkanes of at least 4 members (excludes halogenated alkanes) is 10. The summed E-state index contributed by atoms with van der Waals surface area (Å²) in [5, 5.41) is 0. The SMILES string of the molecule is CCCCCCCCOP(O)(O)(O)OCCCCCCCC. The van der Waals surface area contributed by atoms with Crippen LogP contribution in [0.1, 0.15) is 90.9 Å². The van der Waals surface area contributed by atoms with Crippen LogP contribution in [0.4, 0.5) is 0 Å². The average molecular weight is 340 g/mol. The van der Waals surface area contributed by atoms with E-state index >= 15 is 0 Å². The molecule has 0 heterocycles. The Kier molecular flexibility index (Phi) is 12.8. The van der Waals surface area contributed by atoms with Crippen LogP contribution in [-0.4, -0.2) is 27.9 Å². The van der Waals surface area contributed by atoms with Crippen LogP contribution >= 0.6 is 7.74 Å². The van der Waals surface area contributed by atoms with Crippen molar-refractivity contribution in [3.8, 4) is 0 Å². The zero-order valence-corrected chi connectivity index (χ0v) is 15.4. The fraction of sp³-hybridized carbons (Fsp3) is 1.00. The van der Waals surface area contributed by atoms with Gasteiger partial charge in [0.15, 0.2) is 0 Å². The Morgan fingerprint density at radius 1 is 0.545 bits per heavy atom. The summed E-state index contributed by atoms with van der Waals surface area (Å²) in [5.41, 5.74) is 0. The zero-order chi connectivity index (χ0) is 16.8. The second kappa shape index (κ2) is 12.6. The molecular weight excluding hydrogens is 303 g/mol. The molecule has 0 amide bonds. The second-order valence-corrected chi connectivity index (χ2v) is 8.22. The molecule has 0 rings (SSSR count). The van der Waals surface area contributed by atoms with E-state index in [4.69, 9.17) is 9.05 Å². The third kappa shape index (κ3) is 15.1. The molecule has 22 heavy (non-hydrogen) atoms.